The van der Waals surface area contributed by atoms with Crippen LogP contribution >= 0.6 is 0 Å². The Bertz CT molecular complexity index is 1120. The molecule has 33 heavy (non-hydrogen) atoms. The average Bonchev–Trinajstić information content (AvgIpc) is 3.59. The zero-order chi connectivity index (χ0) is 22.7. The first kappa shape index (κ1) is 20.1. The number of amides is 3. The maximum absolute atomic E-state index is 13.0. The number of anilines is 2. The SMILES string of the molecule is O=C(Oc1ccc(N2C(=O)[C@@H]3[C@H]4CC[C@@H](C4)[C@H]3C2=O)cc1)[C@@H]1CC(=O)N(c2ccccc2)C1. The van der Waals surface area contributed by atoms with Crippen molar-refractivity contribution in [2.45, 2.75) is 25.7 Å². The summed E-state index contributed by atoms with van der Waals surface area (Å²) in [6, 6.07) is 15.8. The van der Waals surface area contributed by atoms with Gasteiger partial charge in [0.15, 0.2) is 0 Å². The molecule has 0 aromatic heterocycles. The van der Waals surface area contributed by atoms with Gasteiger partial charge in [0, 0.05) is 18.7 Å². The van der Waals surface area contributed by atoms with Crippen LogP contribution in [0, 0.1) is 29.6 Å². The average molecular weight is 444 g/mol. The summed E-state index contributed by atoms with van der Waals surface area (Å²) < 4.78 is 5.51. The molecular weight excluding hydrogens is 420 g/mol. The number of hydrogen-bond donors (Lipinski definition) is 0. The molecule has 168 valence electrons. The van der Waals surface area contributed by atoms with Crippen LogP contribution in [0.2, 0.25) is 0 Å². The normalized spacial score (nSPS) is 30.3. The van der Waals surface area contributed by atoms with Crippen LogP contribution in [0.5, 0.6) is 5.75 Å². The van der Waals surface area contributed by atoms with E-state index in [1.807, 2.05) is 30.3 Å². The van der Waals surface area contributed by atoms with Crippen molar-refractivity contribution in [3.05, 3.63) is 54.6 Å². The molecule has 0 N–H and O–H groups in total. The van der Waals surface area contributed by atoms with Crippen LogP contribution in [-0.4, -0.2) is 30.2 Å². The second-order valence-corrected chi connectivity index (χ2v) is 9.55. The Kier molecular flexibility index (Phi) is 4.60. The van der Waals surface area contributed by atoms with Crippen LogP contribution in [0.3, 0.4) is 0 Å². The molecule has 2 aliphatic heterocycles. The summed E-state index contributed by atoms with van der Waals surface area (Å²) in [5, 5.41) is 0. The first-order valence-corrected chi connectivity index (χ1v) is 11.6. The quantitative estimate of drug-likeness (QED) is 0.411. The first-order valence-electron chi connectivity index (χ1n) is 11.6. The summed E-state index contributed by atoms with van der Waals surface area (Å²) in [4.78, 5) is 53.9. The molecule has 0 radical (unpaired) electrons. The number of hydrogen-bond acceptors (Lipinski definition) is 5. The van der Waals surface area contributed by atoms with Gasteiger partial charge >= 0.3 is 5.97 Å². The third kappa shape index (κ3) is 3.17. The zero-order valence-electron chi connectivity index (χ0n) is 18.1. The Hall–Kier alpha value is -3.48. The molecule has 2 bridgehead atoms. The monoisotopic (exact) mass is 444 g/mol. The molecule has 2 aromatic carbocycles. The van der Waals surface area contributed by atoms with Gasteiger partial charge in [0.1, 0.15) is 5.75 Å². The Balaban J connectivity index is 1.13. The molecule has 6 rings (SSSR count). The number of fused-ring (bicyclic) bond motifs is 5. The standard InChI is InChI=1S/C26H24N2O5/c29-21-13-17(14-27(21)18-4-2-1-3-5-18)26(32)33-20-10-8-19(9-11-20)28-24(30)22-15-6-7-16(12-15)23(22)25(28)31/h1-5,8-11,15-17,22-23H,6-7,12-14H2/t15-,16-,17+,22+,23+/m0/s1. The van der Waals surface area contributed by atoms with Gasteiger partial charge in [0.05, 0.1) is 23.4 Å². The van der Waals surface area contributed by atoms with E-state index in [9.17, 15) is 19.2 Å². The van der Waals surface area contributed by atoms with Crippen LogP contribution in [0.4, 0.5) is 11.4 Å². The summed E-state index contributed by atoms with van der Waals surface area (Å²) in [7, 11) is 0. The van der Waals surface area contributed by atoms with E-state index in [1.54, 1.807) is 29.2 Å². The van der Waals surface area contributed by atoms with Gasteiger partial charge in [-0.25, -0.2) is 0 Å². The van der Waals surface area contributed by atoms with Gasteiger partial charge in [-0.3, -0.25) is 24.1 Å². The van der Waals surface area contributed by atoms with Crippen molar-refractivity contribution in [3.63, 3.8) is 0 Å². The zero-order valence-corrected chi connectivity index (χ0v) is 18.1. The maximum Gasteiger partial charge on any atom is 0.316 e. The van der Waals surface area contributed by atoms with E-state index in [-0.39, 0.29) is 42.5 Å². The van der Waals surface area contributed by atoms with Gasteiger partial charge in [-0.15, -0.1) is 0 Å². The van der Waals surface area contributed by atoms with Gasteiger partial charge in [-0.05, 0) is 67.5 Å². The number of esters is 1. The molecule has 7 nitrogen and oxygen atoms in total. The van der Waals surface area contributed by atoms with E-state index in [0.29, 0.717) is 23.3 Å². The summed E-state index contributed by atoms with van der Waals surface area (Å²) in [6.45, 7) is 0.279. The van der Waals surface area contributed by atoms with Crippen molar-refractivity contribution in [3.8, 4) is 5.75 Å². The molecule has 5 atom stereocenters. The van der Waals surface area contributed by atoms with Crippen molar-refractivity contribution >= 4 is 35.1 Å². The Morgan fingerprint density at radius 2 is 1.45 bits per heavy atom. The Labute approximate surface area is 191 Å². The lowest BCUT2D eigenvalue weighted by molar-refractivity contribution is -0.139. The van der Waals surface area contributed by atoms with Crippen molar-refractivity contribution in [2.24, 2.45) is 29.6 Å². The van der Waals surface area contributed by atoms with Gasteiger partial charge in [-0.1, -0.05) is 18.2 Å². The van der Waals surface area contributed by atoms with Gasteiger partial charge < -0.3 is 9.64 Å². The Morgan fingerprint density at radius 3 is 2.09 bits per heavy atom. The number of para-hydroxylation sites is 1. The molecule has 2 aliphatic carbocycles. The highest BCUT2D eigenvalue weighted by atomic mass is 16.5. The molecular formula is C26H24N2O5. The molecule has 4 aliphatic rings. The number of benzene rings is 2. The predicted molar refractivity (Wildman–Crippen MR) is 119 cm³/mol. The minimum Gasteiger partial charge on any atom is -0.426 e. The summed E-state index contributed by atoms with van der Waals surface area (Å²) in [6.07, 6.45) is 3.19. The van der Waals surface area contributed by atoms with Crippen LogP contribution in [-0.2, 0) is 19.2 Å². The topological polar surface area (TPSA) is 84.0 Å². The number of imide groups is 1. The summed E-state index contributed by atoms with van der Waals surface area (Å²) in [5.41, 5.74) is 1.28. The highest BCUT2D eigenvalue weighted by molar-refractivity contribution is 6.22. The predicted octanol–water partition coefficient (Wildman–Crippen LogP) is 3.18. The smallest absolute Gasteiger partial charge is 0.316 e. The molecule has 2 saturated heterocycles. The maximum atomic E-state index is 13.0. The number of rotatable bonds is 4. The Morgan fingerprint density at radius 1 is 0.818 bits per heavy atom. The largest absolute Gasteiger partial charge is 0.426 e. The van der Waals surface area contributed by atoms with E-state index in [4.69, 9.17) is 4.74 Å². The van der Waals surface area contributed by atoms with Crippen LogP contribution in [0.1, 0.15) is 25.7 Å². The fourth-order valence-electron chi connectivity index (χ4n) is 6.25. The van der Waals surface area contributed by atoms with E-state index in [0.717, 1.165) is 24.9 Å². The molecule has 0 spiro atoms. The minimum atomic E-state index is -0.547. The number of ether oxygens (including phenoxy) is 1. The number of nitrogens with zero attached hydrogens (tertiary/aromatic N) is 2. The lowest BCUT2D eigenvalue weighted by atomic mass is 9.81. The lowest BCUT2D eigenvalue weighted by Crippen LogP contribution is -2.32. The molecule has 2 aromatic rings. The molecule has 7 heteroatoms. The van der Waals surface area contributed by atoms with Crippen molar-refractivity contribution < 1.29 is 23.9 Å². The third-order valence-corrected chi connectivity index (χ3v) is 7.77. The van der Waals surface area contributed by atoms with Crippen molar-refractivity contribution in [1.82, 2.24) is 0 Å². The summed E-state index contributed by atoms with van der Waals surface area (Å²) >= 11 is 0. The van der Waals surface area contributed by atoms with E-state index in [2.05, 4.69) is 0 Å². The van der Waals surface area contributed by atoms with Crippen LogP contribution < -0.4 is 14.5 Å². The molecule has 4 fully saturated rings. The van der Waals surface area contributed by atoms with Crippen molar-refractivity contribution in [2.75, 3.05) is 16.3 Å². The van der Waals surface area contributed by atoms with Gasteiger partial charge in [0.2, 0.25) is 17.7 Å². The second-order valence-electron chi connectivity index (χ2n) is 9.55. The highest BCUT2D eigenvalue weighted by Gasteiger charge is 2.61. The molecule has 3 amide bonds. The molecule has 0 unspecified atom stereocenters. The van der Waals surface area contributed by atoms with E-state index >= 15 is 0 Å². The fraction of sp³-hybridized carbons (Fsp3) is 0.385. The van der Waals surface area contributed by atoms with Gasteiger partial charge in [-0.2, -0.15) is 0 Å². The third-order valence-electron chi connectivity index (χ3n) is 7.77. The molecule has 2 heterocycles. The van der Waals surface area contributed by atoms with E-state index in [1.165, 1.54) is 4.90 Å². The number of carbonyl (C=O) groups is 4. The lowest BCUT2D eigenvalue weighted by Gasteiger charge is -2.19. The number of carbonyl (C=O) groups excluding carboxylic acids is 4. The summed E-state index contributed by atoms with van der Waals surface area (Å²) in [5.74, 6) is -0.625. The second kappa shape index (κ2) is 7.54. The fourth-order valence-corrected chi connectivity index (χ4v) is 6.25. The first-order chi connectivity index (χ1) is 16.0. The molecule has 2 saturated carbocycles. The van der Waals surface area contributed by atoms with Crippen LogP contribution in [0.15, 0.2) is 54.6 Å². The van der Waals surface area contributed by atoms with Crippen molar-refractivity contribution in [1.29, 1.82) is 0 Å². The minimum absolute atomic E-state index is 0.0904. The van der Waals surface area contributed by atoms with Crippen LogP contribution in [0.25, 0.3) is 0 Å². The van der Waals surface area contributed by atoms with Gasteiger partial charge in [0.25, 0.3) is 0 Å². The highest BCUT2D eigenvalue weighted by Crippen LogP contribution is 2.56. The van der Waals surface area contributed by atoms with E-state index < -0.39 is 11.9 Å².